The van der Waals surface area contributed by atoms with Crippen molar-refractivity contribution < 1.29 is 18.0 Å². The molecule has 1 aromatic rings. The van der Waals surface area contributed by atoms with Crippen LogP contribution in [0.5, 0.6) is 0 Å². The van der Waals surface area contributed by atoms with E-state index in [9.17, 15) is 18.0 Å². The number of rotatable bonds is 8. The number of benzene rings is 1. The van der Waals surface area contributed by atoms with Crippen molar-refractivity contribution in [3.63, 3.8) is 0 Å². The van der Waals surface area contributed by atoms with Crippen LogP contribution in [0.4, 0.5) is 0 Å². The number of nitrogens with zero attached hydrogens (tertiary/aromatic N) is 4. The van der Waals surface area contributed by atoms with E-state index in [1.54, 1.807) is 12.1 Å². The molecule has 3 saturated heterocycles. The van der Waals surface area contributed by atoms with Gasteiger partial charge in [-0.15, -0.1) is 0 Å². The lowest BCUT2D eigenvalue weighted by Crippen LogP contribution is -2.64. The molecule has 0 bridgehead atoms. The van der Waals surface area contributed by atoms with E-state index in [4.69, 9.17) is 28.3 Å². The molecular formula is C24H33Cl2N5O4S. The van der Waals surface area contributed by atoms with Crippen LogP contribution in [0.15, 0.2) is 18.2 Å². The summed E-state index contributed by atoms with van der Waals surface area (Å²) in [6.45, 7) is 5.13. The van der Waals surface area contributed by atoms with Crippen LogP contribution in [0.1, 0.15) is 37.7 Å². The standard InChI is InChI=1S/C24H33Cl2N5O4S/c25-20-4-3-18(13-21(20)26)24(6-5-22(32)31(23(24)33)14-17-1-2-17)7-8-28-15-19(16-28)29-9-11-30(12-10-29)36(27,34)35/h3-4,13,17,19H,1-2,5-12,14-16H2,(H2,27,34,35). The highest BCUT2D eigenvalue weighted by Gasteiger charge is 2.50. The molecular weight excluding hydrogens is 525 g/mol. The van der Waals surface area contributed by atoms with Crippen molar-refractivity contribution in [1.29, 1.82) is 0 Å². The van der Waals surface area contributed by atoms with Gasteiger partial charge in [-0.2, -0.15) is 12.7 Å². The summed E-state index contributed by atoms with van der Waals surface area (Å²) in [7, 11) is -3.63. The second kappa shape index (κ2) is 10.1. The molecule has 4 fully saturated rings. The van der Waals surface area contributed by atoms with Gasteiger partial charge in [-0.25, -0.2) is 5.14 Å². The molecule has 1 unspecified atom stereocenters. The maximum atomic E-state index is 13.9. The number of piperazine rings is 1. The number of hydrogen-bond acceptors (Lipinski definition) is 6. The number of hydrogen-bond donors (Lipinski definition) is 1. The molecule has 1 aliphatic carbocycles. The Morgan fingerprint density at radius 1 is 1.03 bits per heavy atom. The Balaban J connectivity index is 1.25. The van der Waals surface area contributed by atoms with E-state index in [0.717, 1.165) is 38.0 Å². The third-order valence-electron chi connectivity index (χ3n) is 8.27. The second-order valence-corrected chi connectivity index (χ2v) is 13.0. The summed E-state index contributed by atoms with van der Waals surface area (Å²) in [5.41, 5.74) is 0.0230. The van der Waals surface area contributed by atoms with E-state index in [0.29, 0.717) is 74.0 Å². The van der Waals surface area contributed by atoms with Gasteiger partial charge in [0.15, 0.2) is 0 Å². The predicted octanol–water partition coefficient (Wildman–Crippen LogP) is 1.69. The maximum absolute atomic E-state index is 13.9. The molecule has 12 heteroatoms. The first-order chi connectivity index (χ1) is 17.1. The Morgan fingerprint density at radius 2 is 1.72 bits per heavy atom. The summed E-state index contributed by atoms with van der Waals surface area (Å²) in [6, 6.07) is 5.76. The fraction of sp³-hybridized carbons (Fsp3) is 0.667. The molecule has 0 radical (unpaired) electrons. The molecule has 198 valence electrons. The highest BCUT2D eigenvalue weighted by atomic mass is 35.5. The maximum Gasteiger partial charge on any atom is 0.276 e. The van der Waals surface area contributed by atoms with Crippen LogP contribution in [0.2, 0.25) is 10.0 Å². The number of carbonyl (C=O) groups is 2. The van der Waals surface area contributed by atoms with E-state index in [2.05, 4.69) is 9.80 Å². The monoisotopic (exact) mass is 557 g/mol. The first-order valence-electron chi connectivity index (χ1n) is 12.6. The zero-order valence-corrected chi connectivity index (χ0v) is 22.6. The van der Waals surface area contributed by atoms with Gasteiger partial charge in [0.1, 0.15) is 0 Å². The summed E-state index contributed by atoms with van der Waals surface area (Å²) in [5.74, 6) is 0.235. The van der Waals surface area contributed by atoms with Crippen molar-refractivity contribution in [2.75, 3.05) is 52.4 Å². The zero-order chi connectivity index (χ0) is 25.7. The van der Waals surface area contributed by atoms with E-state index in [-0.39, 0.29) is 11.8 Å². The van der Waals surface area contributed by atoms with Gasteiger partial charge in [0.05, 0.1) is 15.5 Å². The van der Waals surface area contributed by atoms with Gasteiger partial charge in [0, 0.05) is 58.3 Å². The van der Waals surface area contributed by atoms with Crippen molar-refractivity contribution in [2.45, 2.75) is 43.6 Å². The predicted molar refractivity (Wildman–Crippen MR) is 138 cm³/mol. The van der Waals surface area contributed by atoms with Crippen LogP contribution in [0, 0.1) is 5.92 Å². The fourth-order valence-electron chi connectivity index (χ4n) is 5.74. The summed E-state index contributed by atoms with van der Waals surface area (Å²) in [5, 5.41) is 6.11. The fourth-order valence-corrected chi connectivity index (χ4v) is 6.71. The van der Waals surface area contributed by atoms with Gasteiger partial charge in [-0.3, -0.25) is 19.4 Å². The van der Waals surface area contributed by atoms with Gasteiger partial charge < -0.3 is 4.90 Å². The van der Waals surface area contributed by atoms with E-state index >= 15 is 0 Å². The molecule has 4 aliphatic rings. The average molecular weight is 559 g/mol. The minimum atomic E-state index is -3.63. The van der Waals surface area contributed by atoms with Crippen molar-refractivity contribution in [3.05, 3.63) is 33.8 Å². The Labute approximate surface area is 222 Å². The van der Waals surface area contributed by atoms with Gasteiger partial charge in [0.25, 0.3) is 10.2 Å². The lowest BCUT2D eigenvalue weighted by molar-refractivity contribution is -0.154. The largest absolute Gasteiger partial charge is 0.300 e. The molecule has 36 heavy (non-hydrogen) atoms. The number of carbonyl (C=O) groups excluding carboxylic acids is 2. The summed E-state index contributed by atoms with van der Waals surface area (Å²) < 4.78 is 24.4. The molecule has 1 atom stereocenters. The molecule has 5 rings (SSSR count). The molecule has 2 N–H and O–H groups in total. The smallest absolute Gasteiger partial charge is 0.276 e. The van der Waals surface area contributed by atoms with Gasteiger partial charge in [0.2, 0.25) is 11.8 Å². The second-order valence-electron chi connectivity index (χ2n) is 10.6. The van der Waals surface area contributed by atoms with Crippen LogP contribution in [-0.4, -0.2) is 97.6 Å². The van der Waals surface area contributed by atoms with Gasteiger partial charge >= 0.3 is 0 Å². The van der Waals surface area contributed by atoms with Crippen molar-refractivity contribution in [2.24, 2.45) is 11.1 Å². The third-order valence-corrected chi connectivity index (χ3v) is 10.1. The van der Waals surface area contributed by atoms with E-state index < -0.39 is 15.6 Å². The average Bonchev–Trinajstić information content (AvgIpc) is 3.63. The molecule has 0 aromatic heterocycles. The lowest BCUT2D eigenvalue weighted by Gasteiger charge is -2.49. The first-order valence-corrected chi connectivity index (χ1v) is 14.9. The van der Waals surface area contributed by atoms with Crippen molar-refractivity contribution in [1.82, 2.24) is 19.0 Å². The molecule has 9 nitrogen and oxygen atoms in total. The van der Waals surface area contributed by atoms with Crippen LogP contribution in [0.25, 0.3) is 0 Å². The van der Waals surface area contributed by atoms with Crippen molar-refractivity contribution >= 4 is 45.2 Å². The zero-order valence-electron chi connectivity index (χ0n) is 20.2. The number of imide groups is 1. The van der Waals surface area contributed by atoms with Gasteiger partial charge in [-0.05, 0) is 55.8 Å². The lowest BCUT2D eigenvalue weighted by atomic mass is 9.70. The van der Waals surface area contributed by atoms with Gasteiger partial charge in [-0.1, -0.05) is 29.3 Å². The highest BCUT2D eigenvalue weighted by Crippen LogP contribution is 2.43. The quantitative estimate of drug-likeness (QED) is 0.487. The summed E-state index contributed by atoms with van der Waals surface area (Å²) in [4.78, 5) is 32.7. The number of likely N-dealkylation sites (tertiary alicyclic amines) is 2. The number of amides is 2. The van der Waals surface area contributed by atoms with Crippen LogP contribution < -0.4 is 5.14 Å². The Kier molecular flexibility index (Phi) is 7.41. The molecule has 1 aromatic carbocycles. The van der Waals surface area contributed by atoms with Crippen LogP contribution in [0.3, 0.4) is 0 Å². The topological polar surface area (TPSA) is 107 Å². The minimum Gasteiger partial charge on any atom is -0.300 e. The molecule has 3 heterocycles. The molecule has 3 aliphatic heterocycles. The van der Waals surface area contributed by atoms with Crippen molar-refractivity contribution in [3.8, 4) is 0 Å². The number of halogens is 2. The molecule has 2 amide bonds. The third kappa shape index (κ3) is 5.32. The van der Waals surface area contributed by atoms with E-state index in [1.807, 2.05) is 6.07 Å². The molecule has 0 spiro atoms. The Hall–Kier alpha value is -1.27. The number of piperidine rings is 1. The van der Waals surface area contributed by atoms with Crippen LogP contribution >= 0.6 is 23.2 Å². The Morgan fingerprint density at radius 3 is 2.33 bits per heavy atom. The summed E-state index contributed by atoms with van der Waals surface area (Å²) >= 11 is 12.5. The minimum absolute atomic E-state index is 0.0785. The SMILES string of the molecule is NS(=O)(=O)N1CCN(C2CN(CCC3(c4ccc(Cl)c(Cl)c4)CCC(=O)N(CC4CC4)C3=O)C2)CC1. The van der Waals surface area contributed by atoms with Crippen LogP contribution in [-0.2, 0) is 25.2 Å². The highest BCUT2D eigenvalue weighted by molar-refractivity contribution is 7.86. The first kappa shape index (κ1) is 26.3. The summed E-state index contributed by atoms with van der Waals surface area (Å²) in [6.07, 6.45) is 3.55. The number of nitrogens with two attached hydrogens (primary N) is 1. The Bertz CT molecular complexity index is 1130. The molecule has 1 saturated carbocycles. The van der Waals surface area contributed by atoms with E-state index in [1.165, 1.54) is 9.21 Å². The normalized spacial score (nSPS) is 27.5.